The maximum absolute atomic E-state index is 6.54. The predicted molar refractivity (Wildman–Crippen MR) is 210 cm³/mol. The van der Waals surface area contributed by atoms with E-state index in [4.69, 9.17) is 14.1 Å². The van der Waals surface area contributed by atoms with Crippen molar-refractivity contribution in [3.63, 3.8) is 0 Å². The van der Waals surface area contributed by atoms with Gasteiger partial charge in [0.15, 0.2) is 5.58 Å². The average molecular weight is 869 g/mol. The van der Waals surface area contributed by atoms with Crippen molar-refractivity contribution < 1.29 is 30.2 Å². The van der Waals surface area contributed by atoms with Crippen LogP contribution < -0.4 is 14.5 Å². The molecule has 262 valence electrons. The zero-order valence-electron chi connectivity index (χ0n) is 29.3. The fourth-order valence-electron chi connectivity index (χ4n) is 7.34. The van der Waals surface area contributed by atoms with Crippen molar-refractivity contribution in [2.45, 2.75) is 26.2 Å². The van der Waals surface area contributed by atoms with Crippen LogP contribution in [0, 0.1) is 18.8 Å². The summed E-state index contributed by atoms with van der Waals surface area (Å²) >= 11 is 0. The summed E-state index contributed by atoms with van der Waals surface area (Å²) in [4.78, 5) is 9.14. The zero-order chi connectivity index (χ0) is 35.0. The van der Waals surface area contributed by atoms with E-state index < -0.39 is 0 Å². The molecule has 6 nitrogen and oxygen atoms in total. The first-order valence-corrected chi connectivity index (χ1v) is 17.5. The molecule has 3 aromatic heterocycles. The minimum Gasteiger partial charge on any atom is -0.509 e. The molecule has 0 bridgehead atoms. The molecule has 0 aliphatic carbocycles. The van der Waals surface area contributed by atoms with Gasteiger partial charge in [0, 0.05) is 66.4 Å². The van der Waals surface area contributed by atoms with E-state index in [0.717, 1.165) is 72.3 Å². The van der Waals surface area contributed by atoms with Crippen LogP contribution in [0.2, 0.25) is 0 Å². The van der Waals surface area contributed by atoms with Crippen molar-refractivity contribution in [2.75, 3.05) is 9.80 Å². The van der Waals surface area contributed by atoms with Gasteiger partial charge in [-0.1, -0.05) is 80.9 Å². The van der Waals surface area contributed by atoms with Crippen molar-refractivity contribution in [1.29, 1.82) is 0 Å². The molecule has 0 fully saturated rings. The molecule has 1 aliphatic rings. The molecule has 1 aliphatic heterocycles. The van der Waals surface area contributed by atoms with E-state index in [9.17, 15) is 0 Å². The molecule has 0 radical (unpaired) electrons. The van der Waals surface area contributed by atoms with Crippen LogP contribution in [-0.4, -0.2) is 9.55 Å². The number of hydrogen-bond acceptors (Lipinski definition) is 5. The van der Waals surface area contributed by atoms with Crippen LogP contribution in [0.15, 0.2) is 144 Å². The molecule has 0 saturated heterocycles. The Hall–Kier alpha value is -5.84. The molecule has 0 N–H and O–H groups in total. The Kier molecular flexibility index (Phi) is 7.90. The molecule has 53 heavy (non-hydrogen) atoms. The maximum Gasteiger partial charge on any atom is 0.158 e. The van der Waals surface area contributed by atoms with Gasteiger partial charge in [0.05, 0.1) is 5.69 Å². The average Bonchev–Trinajstić information content (AvgIpc) is 3.85. The van der Waals surface area contributed by atoms with Crippen molar-refractivity contribution in [2.24, 2.45) is 0 Å². The van der Waals surface area contributed by atoms with E-state index >= 15 is 0 Å². The number of anilines is 4. The number of aromatic nitrogens is 2. The Balaban J connectivity index is 0.00000372. The van der Waals surface area contributed by atoms with Crippen LogP contribution in [0.25, 0.3) is 49.6 Å². The summed E-state index contributed by atoms with van der Waals surface area (Å²) in [5, 5.41) is 4.40. The molecule has 0 atom stereocenters. The van der Waals surface area contributed by atoms with E-state index in [1.54, 1.807) is 0 Å². The minimum atomic E-state index is -0.0151. The largest absolute Gasteiger partial charge is 0.509 e. The van der Waals surface area contributed by atoms with Crippen LogP contribution in [0.4, 0.5) is 22.7 Å². The molecule has 9 aromatic rings. The van der Waals surface area contributed by atoms with Gasteiger partial charge in [0.2, 0.25) is 0 Å². The minimum absolute atomic E-state index is 0. The molecular weight excluding hydrogens is 836 g/mol. The summed E-state index contributed by atoms with van der Waals surface area (Å²) in [7, 11) is 0. The van der Waals surface area contributed by atoms with Crippen molar-refractivity contribution in [3.8, 4) is 17.3 Å². The van der Waals surface area contributed by atoms with E-state index in [1.807, 2.05) is 48.7 Å². The van der Waals surface area contributed by atoms with E-state index in [0.29, 0.717) is 11.5 Å². The van der Waals surface area contributed by atoms with Gasteiger partial charge in [0.1, 0.15) is 11.4 Å². The second kappa shape index (κ2) is 12.7. The van der Waals surface area contributed by atoms with Crippen LogP contribution in [-0.2, 0) is 26.5 Å². The van der Waals surface area contributed by atoms with Crippen LogP contribution in [0.3, 0.4) is 0 Å². The van der Waals surface area contributed by atoms with Gasteiger partial charge in [-0.25, -0.2) is 4.98 Å². The van der Waals surface area contributed by atoms with Crippen LogP contribution in [0.1, 0.15) is 26.3 Å². The second-order valence-corrected chi connectivity index (χ2v) is 14.2. The number of para-hydroxylation sites is 3. The Morgan fingerprint density at radius 2 is 1.43 bits per heavy atom. The Labute approximate surface area is 322 Å². The van der Waals surface area contributed by atoms with Crippen molar-refractivity contribution in [3.05, 3.63) is 164 Å². The van der Waals surface area contributed by atoms with Gasteiger partial charge < -0.3 is 23.5 Å². The normalized spacial score (nSPS) is 12.9. The van der Waals surface area contributed by atoms with Crippen molar-refractivity contribution in [1.82, 2.24) is 9.55 Å². The molecule has 0 saturated carbocycles. The fourth-order valence-corrected chi connectivity index (χ4v) is 7.34. The number of hydrogen-bond donors (Lipinski definition) is 0. The first-order chi connectivity index (χ1) is 25.4. The first kappa shape index (κ1) is 33.0. The predicted octanol–water partition coefficient (Wildman–Crippen LogP) is 12.2. The summed E-state index contributed by atoms with van der Waals surface area (Å²) in [5.74, 6) is 2.03. The molecule has 10 rings (SSSR count). The SMILES string of the molecule is CC(C)(C)c1ccnc(-n2c3[c-]c(Oc4[c-]c(N5[CH-]N(c6ccccc6)c6c5ccc5c6oc6ccccc65)ccc4)ccc3c3ccccc32)c1.[Pt]. The summed E-state index contributed by atoms with van der Waals surface area (Å²) in [6.07, 6.45) is 1.89. The smallest absolute Gasteiger partial charge is 0.158 e. The van der Waals surface area contributed by atoms with Crippen molar-refractivity contribution >= 4 is 66.5 Å². The number of ether oxygens (including phenoxy) is 1. The Morgan fingerprint density at radius 1 is 0.679 bits per heavy atom. The number of benzene rings is 6. The number of pyridine rings is 1. The van der Waals surface area contributed by atoms with Gasteiger partial charge in [-0.3, -0.25) is 0 Å². The molecule has 4 heterocycles. The molecule has 0 spiro atoms. The number of furan rings is 1. The standard InChI is InChI=1S/C46H33N4O2.Pt/c1-46(2,3)30-24-25-47-43(26-30)50-39-18-9-7-16-35(39)36-21-20-34(28-41(36)50)51-33-15-11-14-32(27-33)48-29-49(31-12-5-4-6-13-31)44-40(48)23-22-38-37-17-8-10-19-42(37)52-45(38)44;/h4-26,29H,1-3H3;/q-3;. The Morgan fingerprint density at radius 3 is 2.28 bits per heavy atom. The monoisotopic (exact) mass is 868 g/mol. The third-order valence-electron chi connectivity index (χ3n) is 9.90. The van der Waals surface area contributed by atoms with Gasteiger partial charge in [-0.05, 0) is 64.9 Å². The van der Waals surface area contributed by atoms with Crippen LogP contribution in [0.5, 0.6) is 11.5 Å². The fraction of sp³-hybridized carbons (Fsp3) is 0.0870. The summed E-state index contributed by atoms with van der Waals surface area (Å²) in [5.41, 5.74) is 8.73. The quantitative estimate of drug-likeness (QED) is 0.161. The first-order valence-electron chi connectivity index (χ1n) is 17.5. The molecule has 6 aromatic carbocycles. The van der Waals surface area contributed by atoms with E-state index in [1.165, 1.54) is 5.56 Å². The molecule has 0 unspecified atom stereocenters. The summed E-state index contributed by atoms with van der Waals surface area (Å²) < 4.78 is 15.2. The summed E-state index contributed by atoms with van der Waals surface area (Å²) in [6, 6.07) is 52.7. The zero-order valence-corrected chi connectivity index (χ0v) is 31.6. The number of nitrogens with zero attached hydrogens (tertiary/aromatic N) is 4. The van der Waals surface area contributed by atoms with E-state index in [-0.39, 0.29) is 26.5 Å². The molecule has 7 heteroatoms. The van der Waals surface area contributed by atoms with Gasteiger partial charge >= 0.3 is 0 Å². The second-order valence-electron chi connectivity index (χ2n) is 14.2. The van der Waals surface area contributed by atoms with Crippen LogP contribution >= 0.6 is 0 Å². The van der Waals surface area contributed by atoms with Gasteiger partial charge in [-0.2, -0.15) is 12.1 Å². The summed E-state index contributed by atoms with van der Waals surface area (Å²) in [6.45, 7) is 8.75. The third kappa shape index (κ3) is 5.48. The number of rotatable bonds is 5. The molecular formula is C46H33N4O2Pt-3. The van der Waals surface area contributed by atoms with E-state index in [2.05, 4.69) is 145 Å². The topological polar surface area (TPSA) is 46.7 Å². The van der Waals surface area contributed by atoms with Gasteiger partial charge in [-0.15, -0.1) is 48.1 Å². The Bertz CT molecular complexity index is 2820. The number of fused-ring (bicyclic) bond motifs is 8. The third-order valence-corrected chi connectivity index (χ3v) is 9.90. The molecule has 0 amide bonds. The van der Waals surface area contributed by atoms with Gasteiger partial charge in [0.25, 0.3) is 0 Å². The maximum atomic E-state index is 6.54.